The highest BCUT2D eigenvalue weighted by Gasteiger charge is 2.26. The van der Waals surface area contributed by atoms with Crippen molar-refractivity contribution in [1.82, 2.24) is 10.6 Å². The molecule has 1 saturated heterocycles. The van der Waals surface area contributed by atoms with Crippen LogP contribution < -0.4 is 25.6 Å². The van der Waals surface area contributed by atoms with Gasteiger partial charge in [0.05, 0.1) is 7.11 Å². The molecule has 0 radical (unpaired) electrons. The van der Waals surface area contributed by atoms with Crippen LogP contribution in [0.1, 0.15) is 24.3 Å². The van der Waals surface area contributed by atoms with Gasteiger partial charge in [-0.1, -0.05) is 24.3 Å². The molecule has 0 saturated carbocycles. The number of fused-ring (bicyclic) bond motifs is 1. The first-order valence-corrected chi connectivity index (χ1v) is 10.9. The standard InChI is InChI=1S/C24H31N5O2/c1-25-24(27-15-18-12-23(30)28-22-9-4-3-8-21(18)22)26-14-17-10-11-29(16-17)19-6-5-7-20(13-19)31-2/h3-9,13,17-18H,10-12,14-16H2,1-2H3,(H,28,30)(H2,25,26,27). The lowest BCUT2D eigenvalue weighted by Crippen LogP contribution is -2.42. The predicted molar refractivity (Wildman–Crippen MR) is 125 cm³/mol. The Morgan fingerprint density at radius 1 is 1.19 bits per heavy atom. The van der Waals surface area contributed by atoms with Gasteiger partial charge in [-0.2, -0.15) is 0 Å². The minimum absolute atomic E-state index is 0.0667. The summed E-state index contributed by atoms with van der Waals surface area (Å²) in [6, 6.07) is 16.3. The zero-order valence-electron chi connectivity index (χ0n) is 18.2. The molecule has 1 amide bonds. The highest BCUT2D eigenvalue weighted by molar-refractivity contribution is 5.94. The lowest BCUT2D eigenvalue weighted by atomic mass is 9.90. The second-order valence-corrected chi connectivity index (χ2v) is 8.17. The monoisotopic (exact) mass is 421 g/mol. The van der Waals surface area contributed by atoms with Crippen LogP contribution in [0.3, 0.4) is 0 Å². The Balaban J connectivity index is 1.27. The number of amides is 1. The number of rotatable bonds is 6. The molecule has 4 rings (SSSR count). The summed E-state index contributed by atoms with van der Waals surface area (Å²) < 4.78 is 5.35. The molecule has 2 heterocycles. The first kappa shape index (κ1) is 21.0. The molecule has 7 heteroatoms. The topological polar surface area (TPSA) is 78.0 Å². The molecule has 2 aliphatic heterocycles. The van der Waals surface area contributed by atoms with Gasteiger partial charge < -0.3 is 25.6 Å². The van der Waals surface area contributed by atoms with Gasteiger partial charge in [0.2, 0.25) is 5.91 Å². The van der Waals surface area contributed by atoms with Gasteiger partial charge in [-0.25, -0.2) is 0 Å². The summed E-state index contributed by atoms with van der Waals surface area (Å²) in [6.45, 7) is 3.58. The van der Waals surface area contributed by atoms with Crippen molar-refractivity contribution in [2.75, 3.05) is 50.6 Å². The van der Waals surface area contributed by atoms with Crippen LogP contribution in [-0.2, 0) is 4.79 Å². The third-order valence-electron chi connectivity index (χ3n) is 6.11. The Bertz CT molecular complexity index is 945. The molecule has 2 aromatic carbocycles. The molecule has 0 spiro atoms. The van der Waals surface area contributed by atoms with Gasteiger partial charge in [0, 0.05) is 63.0 Å². The number of aliphatic imine (C=N–C) groups is 1. The van der Waals surface area contributed by atoms with E-state index in [4.69, 9.17) is 4.74 Å². The minimum atomic E-state index is 0.0667. The van der Waals surface area contributed by atoms with Crippen LogP contribution in [0.5, 0.6) is 5.75 Å². The largest absolute Gasteiger partial charge is 0.497 e. The predicted octanol–water partition coefficient (Wildman–Crippen LogP) is 2.81. The van der Waals surface area contributed by atoms with Gasteiger partial charge in [0.1, 0.15) is 5.75 Å². The maximum atomic E-state index is 12.0. The smallest absolute Gasteiger partial charge is 0.225 e. The number of ether oxygens (including phenoxy) is 1. The number of hydrogen-bond acceptors (Lipinski definition) is 4. The number of hydrogen-bond donors (Lipinski definition) is 3. The molecule has 0 aliphatic carbocycles. The van der Waals surface area contributed by atoms with Crippen LogP contribution in [0.2, 0.25) is 0 Å². The maximum Gasteiger partial charge on any atom is 0.225 e. The van der Waals surface area contributed by atoms with E-state index in [9.17, 15) is 4.79 Å². The van der Waals surface area contributed by atoms with E-state index in [0.717, 1.165) is 43.5 Å². The highest BCUT2D eigenvalue weighted by atomic mass is 16.5. The highest BCUT2D eigenvalue weighted by Crippen LogP contribution is 2.31. The molecule has 7 nitrogen and oxygen atoms in total. The van der Waals surface area contributed by atoms with Crippen LogP contribution >= 0.6 is 0 Å². The fourth-order valence-corrected chi connectivity index (χ4v) is 4.41. The van der Waals surface area contributed by atoms with Gasteiger partial charge in [-0.05, 0) is 36.1 Å². The van der Waals surface area contributed by atoms with E-state index in [-0.39, 0.29) is 11.8 Å². The third-order valence-corrected chi connectivity index (χ3v) is 6.11. The Morgan fingerprint density at radius 2 is 2.03 bits per heavy atom. The molecule has 2 atom stereocenters. The normalized spacial score (nSPS) is 20.8. The molecule has 3 N–H and O–H groups in total. The summed E-state index contributed by atoms with van der Waals surface area (Å²) in [5, 5.41) is 9.83. The van der Waals surface area contributed by atoms with E-state index in [1.54, 1.807) is 14.2 Å². The molecule has 2 aliphatic rings. The molecule has 0 bridgehead atoms. The molecule has 2 unspecified atom stereocenters. The van der Waals surface area contributed by atoms with Crippen molar-refractivity contribution < 1.29 is 9.53 Å². The van der Waals surface area contributed by atoms with Crippen LogP contribution in [0, 0.1) is 5.92 Å². The fourth-order valence-electron chi connectivity index (χ4n) is 4.41. The summed E-state index contributed by atoms with van der Waals surface area (Å²) in [6.07, 6.45) is 1.62. The lowest BCUT2D eigenvalue weighted by Gasteiger charge is -2.26. The summed E-state index contributed by atoms with van der Waals surface area (Å²) in [4.78, 5) is 18.8. The summed E-state index contributed by atoms with van der Waals surface area (Å²) >= 11 is 0. The van der Waals surface area contributed by atoms with E-state index in [1.165, 1.54) is 11.3 Å². The van der Waals surface area contributed by atoms with Gasteiger partial charge in [0.25, 0.3) is 0 Å². The van der Waals surface area contributed by atoms with Crippen LogP contribution in [0.25, 0.3) is 0 Å². The fraction of sp³-hybridized carbons (Fsp3) is 0.417. The number of benzene rings is 2. The van der Waals surface area contributed by atoms with Crippen molar-refractivity contribution in [2.45, 2.75) is 18.8 Å². The number of carbonyl (C=O) groups excluding carboxylic acids is 1. The molecule has 2 aromatic rings. The minimum Gasteiger partial charge on any atom is -0.497 e. The Hall–Kier alpha value is -3.22. The van der Waals surface area contributed by atoms with E-state index in [0.29, 0.717) is 18.9 Å². The Kier molecular flexibility index (Phi) is 6.60. The van der Waals surface area contributed by atoms with Gasteiger partial charge in [0.15, 0.2) is 5.96 Å². The number of anilines is 2. The summed E-state index contributed by atoms with van der Waals surface area (Å²) in [5.74, 6) is 2.42. The SMILES string of the molecule is CN=C(NCC1CCN(c2cccc(OC)c2)C1)NCC1CC(=O)Nc2ccccc21. The molecule has 1 fully saturated rings. The average molecular weight is 422 g/mol. The number of para-hydroxylation sites is 1. The summed E-state index contributed by atoms with van der Waals surface area (Å²) in [5.41, 5.74) is 3.30. The average Bonchev–Trinajstić information content (AvgIpc) is 3.28. The van der Waals surface area contributed by atoms with E-state index >= 15 is 0 Å². The third kappa shape index (κ3) is 5.10. The second kappa shape index (κ2) is 9.73. The number of nitrogens with one attached hydrogen (secondary N) is 3. The van der Waals surface area contributed by atoms with E-state index < -0.39 is 0 Å². The van der Waals surface area contributed by atoms with Gasteiger partial charge in [-0.15, -0.1) is 0 Å². The van der Waals surface area contributed by atoms with Gasteiger partial charge in [-0.3, -0.25) is 9.79 Å². The second-order valence-electron chi connectivity index (χ2n) is 8.17. The summed E-state index contributed by atoms with van der Waals surface area (Å²) in [7, 11) is 3.49. The Labute approximate surface area is 183 Å². The van der Waals surface area contributed by atoms with Crippen molar-refractivity contribution in [2.24, 2.45) is 10.9 Å². The molecule has 0 aromatic heterocycles. The zero-order valence-corrected chi connectivity index (χ0v) is 18.2. The van der Waals surface area contributed by atoms with E-state index in [1.807, 2.05) is 30.3 Å². The van der Waals surface area contributed by atoms with Crippen molar-refractivity contribution >= 4 is 23.2 Å². The Morgan fingerprint density at radius 3 is 2.87 bits per heavy atom. The van der Waals surface area contributed by atoms with Gasteiger partial charge >= 0.3 is 0 Å². The van der Waals surface area contributed by atoms with Crippen molar-refractivity contribution in [3.8, 4) is 5.75 Å². The first-order valence-electron chi connectivity index (χ1n) is 10.9. The first-order chi connectivity index (χ1) is 15.2. The quantitative estimate of drug-likeness (QED) is 0.494. The maximum absolute atomic E-state index is 12.0. The van der Waals surface area contributed by atoms with Crippen molar-refractivity contribution in [3.63, 3.8) is 0 Å². The lowest BCUT2D eigenvalue weighted by molar-refractivity contribution is -0.116. The van der Waals surface area contributed by atoms with Crippen LogP contribution in [0.15, 0.2) is 53.5 Å². The number of carbonyl (C=O) groups is 1. The molecule has 164 valence electrons. The number of nitrogens with zero attached hydrogens (tertiary/aromatic N) is 2. The van der Waals surface area contributed by atoms with Crippen molar-refractivity contribution in [1.29, 1.82) is 0 Å². The van der Waals surface area contributed by atoms with Crippen LogP contribution in [0.4, 0.5) is 11.4 Å². The molecule has 31 heavy (non-hydrogen) atoms. The van der Waals surface area contributed by atoms with E-state index in [2.05, 4.69) is 44.0 Å². The number of methoxy groups -OCH3 is 1. The zero-order chi connectivity index (χ0) is 21.6. The molecular formula is C24H31N5O2. The van der Waals surface area contributed by atoms with Crippen molar-refractivity contribution in [3.05, 3.63) is 54.1 Å². The number of guanidine groups is 1. The van der Waals surface area contributed by atoms with Crippen LogP contribution in [-0.4, -0.2) is 52.2 Å². The molecular weight excluding hydrogens is 390 g/mol.